The third kappa shape index (κ3) is 7.52. The maximum absolute atomic E-state index is 14.2. The second kappa shape index (κ2) is 13.1. The number of aliphatic imine (C=N–C) groups is 1. The van der Waals surface area contributed by atoms with Gasteiger partial charge in [-0.2, -0.15) is 0 Å². The Hall–Kier alpha value is -2.26. The van der Waals surface area contributed by atoms with Gasteiger partial charge >= 0.3 is 29.6 Å². The molecule has 10 heteroatoms. The molecule has 2 aromatic carbocycles. The molecule has 1 heterocycles. The number of rotatable bonds is 8. The summed E-state index contributed by atoms with van der Waals surface area (Å²) in [5.41, 5.74) is 1.48. The number of aliphatic carboxylic acids is 1. The number of carbonyl (C=O) groups is 3. The molecule has 7 nitrogen and oxygen atoms in total. The van der Waals surface area contributed by atoms with Gasteiger partial charge in [-0.1, -0.05) is 44.5 Å². The first-order chi connectivity index (χ1) is 18.4. The minimum absolute atomic E-state index is 0. The number of hydrogen-bond acceptors (Lipinski definition) is 5. The first kappa shape index (κ1) is 32.3. The van der Waals surface area contributed by atoms with Gasteiger partial charge in [-0.05, 0) is 79.3 Å². The van der Waals surface area contributed by atoms with Crippen LogP contribution in [-0.2, 0) is 16.0 Å². The standard InChI is InChI=1S/C30H35ClFN3O4.Na/c1-29(2,3)22-8-12-30(13-9-22)34-26(21-16-23(31)18-24(32)17-21)28(39)35(30)15-11-19-4-6-20(7-5-19)27(38)33-14-10-25(36)37;/h4-7,16-18,22H,8-15H2,1-3H3,(H,33,38)(H,36,37);/q;+1/p-1. The van der Waals surface area contributed by atoms with Crippen LogP contribution in [0.15, 0.2) is 47.5 Å². The average molecular weight is 578 g/mol. The zero-order valence-electron chi connectivity index (χ0n) is 23.6. The van der Waals surface area contributed by atoms with Crippen LogP contribution in [0.5, 0.6) is 0 Å². The molecule has 2 amide bonds. The fraction of sp³-hybridized carbons (Fsp3) is 0.467. The summed E-state index contributed by atoms with van der Waals surface area (Å²) in [6.45, 7) is 7.14. The molecule has 1 aliphatic heterocycles. The first-order valence-electron chi connectivity index (χ1n) is 13.3. The van der Waals surface area contributed by atoms with E-state index in [9.17, 15) is 23.9 Å². The summed E-state index contributed by atoms with van der Waals surface area (Å²) in [7, 11) is 0. The maximum Gasteiger partial charge on any atom is 1.00 e. The number of hydrogen-bond donors (Lipinski definition) is 1. The minimum Gasteiger partial charge on any atom is -0.550 e. The number of carboxylic acid groups (broad SMARTS) is 1. The second-order valence-corrected chi connectivity index (χ2v) is 12.0. The normalized spacial score (nSPS) is 20.7. The summed E-state index contributed by atoms with van der Waals surface area (Å²) in [5, 5.41) is 13.3. The molecule has 1 saturated carbocycles. The quantitative estimate of drug-likeness (QED) is 0.476. The van der Waals surface area contributed by atoms with Gasteiger partial charge in [0.15, 0.2) is 0 Å². The fourth-order valence-corrected chi connectivity index (χ4v) is 5.81. The summed E-state index contributed by atoms with van der Waals surface area (Å²) < 4.78 is 14.2. The fourth-order valence-electron chi connectivity index (χ4n) is 5.59. The molecule has 208 valence electrons. The van der Waals surface area contributed by atoms with Crippen molar-refractivity contribution >= 4 is 35.1 Å². The number of halogens is 2. The molecule has 1 fully saturated rings. The molecule has 4 rings (SSSR count). The molecule has 0 aromatic heterocycles. The molecule has 0 atom stereocenters. The summed E-state index contributed by atoms with van der Waals surface area (Å²) >= 11 is 6.10. The smallest absolute Gasteiger partial charge is 0.550 e. The van der Waals surface area contributed by atoms with Crippen molar-refractivity contribution in [1.82, 2.24) is 10.2 Å². The van der Waals surface area contributed by atoms with Crippen LogP contribution in [-0.4, -0.2) is 47.1 Å². The van der Waals surface area contributed by atoms with Gasteiger partial charge in [0.1, 0.15) is 17.2 Å². The maximum atomic E-state index is 14.2. The summed E-state index contributed by atoms with van der Waals surface area (Å²) in [4.78, 5) is 43.3. The van der Waals surface area contributed by atoms with Gasteiger partial charge in [-0.3, -0.25) is 14.6 Å². The largest absolute Gasteiger partial charge is 1.00 e. The number of nitrogens with zero attached hydrogens (tertiary/aromatic N) is 2. The summed E-state index contributed by atoms with van der Waals surface area (Å²) in [6.07, 6.45) is 3.65. The Morgan fingerprint density at radius 2 is 1.80 bits per heavy atom. The predicted molar refractivity (Wildman–Crippen MR) is 146 cm³/mol. The SMILES string of the molecule is CC(C)(C)C1CCC2(CC1)N=C(c1cc(F)cc(Cl)c1)C(=O)N2CCc1ccc(C(=O)NCCC(=O)[O-])cc1.[Na+]. The topological polar surface area (TPSA) is 102 Å². The molecule has 1 spiro atoms. The Balaban J connectivity index is 0.00000441. The van der Waals surface area contributed by atoms with E-state index in [4.69, 9.17) is 16.6 Å². The van der Waals surface area contributed by atoms with Crippen LogP contribution in [0.1, 0.15) is 74.4 Å². The first-order valence-corrected chi connectivity index (χ1v) is 13.7. The number of amides is 2. The Kier molecular flexibility index (Phi) is 10.6. The molecule has 0 radical (unpaired) electrons. The Morgan fingerprint density at radius 1 is 1.15 bits per heavy atom. The van der Waals surface area contributed by atoms with Crippen molar-refractivity contribution < 1.29 is 53.4 Å². The predicted octanol–water partition coefficient (Wildman–Crippen LogP) is 1.16. The van der Waals surface area contributed by atoms with E-state index in [0.29, 0.717) is 30.0 Å². The van der Waals surface area contributed by atoms with Crippen molar-refractivity contribution in [3.8, 4) is 0 Å². The zero-order valence-corrected chi connectivity index (χ0v) is 26.3. The van der Waals surface area contributed by atoms with Crippen molar-refractivity contribution in [1.29, 1.82) is 0 Å². The molecule has 0 unspecified atom stereocenters. The third-order valence-electron chi connectivity index (χ3n) is 7.87. The van der Waals surface area contributed by atoms with Crippen LogP contribution in [0.4, 0.5) is 4.39 Å². The van der Waals surface area contributed by atoms with E-state index in [1.807, 2.05) is 17.0 Å². The van der Waals surface area contributed by atoms with Gasteiger partial charge in [0, 0.05) is 41.6 Å². The molecule has 1 N–H and O–H groups in total. The molecule has 40 heavy (non-hydrogen) atoms. The van der Waals surface area contributed by atoms with Gasteiger partial charge in [0.05, 0.1) is 0 Å². The Labute approximate surface area is 261 Å². The van der Waals surface area contributed by atoms with Crippen molar-refractivity contribution in [3.05, 3.63) is 70.0 Å². The Morgan fingerprint density at radius 3 is 2.38 bits per heavy atom. The summed E-state index contributed by atoms with van der Waals surface area (Å²) in [5.74, 6) is -1.80. The van der Waals surface area contributed by atoms with Crippen LogP contribution in [0.2, 0.25) is 5.02 Å². The van der Waals surface area contributed by atoms with E-state index in [-0.39, 0.29) is 70.5 Å². The van der Waals surface area contributed by atoms with Gasteiger partial charge in [0.25, 0.3) is 11.8 Å². The van der Waals surface area contributed by atoms with Crippen LogP contribution in [0, 0.1) is 17.2 Å². The van der Waals surface area contributed by atoms with E-state index >= 15 is 0 Å². The minimum atomic E-state index is -1.22. The molecule has 2 aliphatic rings. The molecular formula is C30H34ClFN3NaO4. The number of carbonyl (C=O) groups excluding carboxylic acids is 3. The molecular weight excluding hydrogens is 544 g/mol. The average Bonchev–Trinajstić information content (AvgIpc) is 3.12. The van der Waals surface area contributed by atoms with E-state index in [2.05, 4.69) is 26.1 Å². The van der Waals surface area contributed by atoms with E-state index < -0.39 is 17.4 Å². The van der Waals surface area contributed by atoms with Crippen LogP contribution < -0.4 is 40.0 Å². The monoisotopic (exact) mass is 577 g/mol. The number of carboxylic acids is 1. The number of nitrogens with one attached hydrogen (secondary N) is 1. The van der Waals surface area contributed by atoms with Gasteiger partial charge < -0.3 is 20.1 Å². The molecule has 0 bridgehead atoms. The summed E-state index contributed by atoms with van der Waals surface area (Å²) in [6, 6.07) is 11.1. The molecule has 2 aromatic rings. The molecule has 1 aliphatic carbocycles. The molecule has 0 saturated heterocycles. The van der Waals surface area contributed by atoms with Crippen LogP contribution >= 0.6 is 11.6 Å². The van der Waals surface area contributed by atoms with Crippen LogP contribution in [0.3, 0.4) is 0 Å². The van der Waals surface area contributed by atoms with Crippen molar-refractivity contribution in [3.63, 3.8) is 0 Å². The van der Waals surface area contributed by atoms with Gasteiger partial charge in [0.2, 0.25) is 0 Å². The van der Waals surface area contributed by atoms with E-state index in [1.54, 1.807) is 18.2 Å². The van der Waals surface area contributed by atoms with E-state index in [1.165, 1.54) is 12.1 Å². The van der Waals surface area contributed by atoms with Crippen LogP contribution in [0.25, 0.3) is 0 Å². The Bertz CT molecular complexity index is 1260. The number of benzene rings is 2. The second-order valence-electron chi connectivity index (χ2n) is 11.5. The van der Waals surface area contributed by atoms with Crippen molar-refractivity contribution in [2.75, 3.05) is 13.1 Å². The van der Waals surface area contributed by atoms with Crippen molar-refractivity contribution in [2.24, 2.45) is 16.3 Å². The third-order valence-corrected chi connectivity index (χ3v) is 8.09. The zero-order chi connectivity index (χ0) is 28.4. The van der Waals surface area contributed by atoms with Gasteiger partial charge in [-0.15, -0.1) is 0 Å². The van der Waals surface area contributed by atoms with Crippen molar-refractivity contribution in [2.45, 2.75) is 65.0 Å². The van der Waals surface area contributed by atoms with Gasteiger partial charge in [-0.25, -0.2) is 4.39 Å². The van der Waals surface area contributed by atoms with E-state index in [0.717, 1.165) is 31.2 Å².